The fourth-order valence-corrected chi connectivity index (χ4v) is 5.46. The molecule has 4 nitrogen and oxygen atoms in total. The summed E-state index contributed by atoms with van der Waals surface area (Å²) in [5.41, 5.74) is 6.63. The maximum absolute atomic E-state index is 5.26. The maximum atomic E-state index is 5.26. The Hall–Kier alpha value is -3.83. The first-order valence-corrected chi connectivity index (χ1v) is 14.2. The highest BCUT2D eigenvalue weighted by atomic mass is 32.2. The van der Waals surface area contributed by atoms with Crippen molar-refractivity contribution in [3.8, 4) is 22.3 Å². The van der Waals surface area contributed by atoms with Gasteiger partial charge in [-0.1, -0.05) is 78.9 Å². The molecule has 2 aromatic heterocycles. The number of fused-ring (bicyclic) bond motifs is 1. The van der Waals surface area contributed by atoms with Crippen LogP contribution in [0.25, 0.3) is 33.0 Å². The first kappa shape index (κ1) is 25.8. The van der Waals surface area contributed by atoms with Gasteiger partial charge in [0.2, 0.25) is 0 Å². The number of rotatable bonds is 7. The molecular formula is C33H34N4S. The Bertz CT molecular complexity index is 1540. The van der Waals surface area contributed by atoms with Crippen LogP contribution < -0.4 is 10.6 Å². The lowest BCUT2D eigenvalue weighted by atomic mass is 9.94. The predicted molar refractivity (Wildman–Crippen MR) is 164 cm³/mol. The zero-order valence-electron chi connectivity index (χ0n) is 22.6. The number of aromatic nitrogens is 2. The van der Waals surface area contributed by atoms with Crippen LogP contribution in [-0.2, 0) is 0 Å². The standard InChI is InChI=1S/C33H34N4S/c1-22(23-13-8-6-9-14-23)35-31-30-27(24-15-10-7-11-16-24)17-12-18-28(30)29(32(36-31)38-5)25-19-26(21-34-20-25)37-33(2,3)4/h6-22,37H,1-5H3,(H,35,36). The SMILES string of the molecule is CSc1nc(NC(C)c2ccccc2)c2c(-c3ccccc3)cccc2c1-c1cncc(NC(C)(C)C)c1. The molecule has 0 spiro atoms. The zero-order valence-corrected chi connectivity index (χ0v) is 23.4. The van der Waals surface area contributed by atoms with E-state index < -0.39 is 0 Å². The van der Waals surface area contributed by atoms with Gasteiger partial charge in [-0.3, -0.25) is 4.98 Å². The quantitative estimate of drug-likeness (QED) is 0.210. The van der Waals surface area contributed by atoms with Crippen molar-refractivity contribution in [1.82, 2.24) is 9.97 Å². The molecule has 1 atom stereocenters. The smallest absolute Gasteiger partial charge is 0.136 e. The van der Waals surface area contributed by atoms with Gasteiger partial charge in [-0.25, -0.2) is 4.98 Å². The average molecular weight is 519 g/mol. The minimum atomic E-state index is -0.0647. The Kier molecular flexibility index (Phi) is 7.39. The minimum absolute atomic E-state index is 0.0647. The summed E-state index contributed by atoms with van der Waals surface area (Å²) in [6.07, 6.45) is 5.92. The summed E-state index contributed by atoms with van der Waals surface area (Å²) >= 11 is 1.66. The molecule has 0 aliphatic rings. The van der Waals surface area contributed by atoms with E-state index in [1.807, 2.05) is 12.4 Å². The van der Waals surface area contributed by atoms with E-state index in [9.17, 15) is 0 Å². The lowest BCUT2D eigenvalue weighted by molar-refractivity contribution is 0.633. The Morgan fingerprint density at radius 3 is 2.21 bits per heavy atom. The van der Waals surface area contributed by atoms with E-state index >= 15 is 0 Å². The third kappa shape index (κ3) is 5.53. The van der Waals surface area contributed by atoms with Crippen molar-refractivity contribution in [2.24, 2.45) is 0 Å². The Labute approximate surface area is 230 Å². The van der Waals surface area contributed by atoms with Crippen LogP contribution in [0.2, 0.25) is 0 Å². The van der Waals surface area contributed by atoms with Crippen molar-refractivity contribution >= 4 is 34.0 Å². The molecule has 0 radical (unpaired) electrons. The molecule has 5 rings (SSSR count). The second-order valence-corrected chi connectivity index (χ2v) is 11.3. The molecule has 5 heteroatoms. The van der Waals surface area contributed by atoms with Crippen LogP contribution in [0.15, 0.2) is 102 Å². The Balaban J connectivity index is 1.75. The molecule has 0 saturated carbocycles. The molecule has 0 aliphatic heterocycles. The van der Waals surface area contributed by atoms with Gasteiger partial charge in [0.15, 0.2) is 0 Å². The third-order valence-corrected chi connectivity index (χ3v) is 7.16. The number of thioether (sulfide) groups is 1. The summed E-state index contributed by atoms with van der Waals surface area (Å²) in [5, 5.41) is 10.6. The fraction of sp³-hybridized carbons (Fsp3) is 0.212. The predicted octanol–water partition coefficient (Wildman–Crippen LogP) is 9.07. The van der Waals surface area contributed by atoms with Crippen LogP contribution in [0, 0.1) is 0 Å². The van der Waals surface area contributed by atoms with Crippen molar-refractivity contribution in [1.29, 1.82) is 0 Å². The number of hydrogen-bond acceptors (Lipinski definition) is 5. The van der Waals surface area contributed by atoms with E-state index in [1.54, 1.807) is 11.8 Å². The van der Waals surface area contributed by atoms with Gasteiger partial charge in [0.1, 0.15) is 10.8 Å². The number of nitrogens with zero attached hydrogens (tertiary/aromatic N) is 2. The van der Waals surface area contributed by atoms with Crippen molar-refractivity contribution in [2.45, 2.75) is 44.3 Å². The molecule has 0 aliphatic carbocycles. The van der Waals surface area contributed by atoms with Crippen LogP contribution in [-0.4, -0.2) is 21.8 Å². The molecule has 2 N–H and O–H groups in total. The topological polar surface area (TPSA) is 49.8 Å². The Morgan fingerprint density at radius 2 is 1.53 bits per heavy atom. The van der Waals surface area contributed by atoms with E-state index in [0.717, 1.165) is 44.0 Å². The van der Waals surface area contributed by atoms with Gasteiger partial charge >= 0.3 is 0 Å². The number of pyridine rings is 2. The van der Waals surface area contributed by atoms with E-state index in [0.29, 0.717) is 0 Å². The minimum Gasteiger partial charge on any atom is -0.379 e. The normalized spacial score (nSPS) is 12.3. The van der Waals surface area contributed by atoms with Gasteiger partial charge < -0.3 is 10.6 Å². The summed E-state index contributed by atoms with van der Waals surface area (Å²) in [7, 11) is 0. The lowest BCUT2D eigenvalue weighted by Crippen LogP contribution is -2.26. The van der Waals surface area contributed by atoms with Crippen LogP contribution in [0.5, 0.6) is 0 Å². The van der Waals surface area contributed by atoms with Crippen LogP contribution in [0.1, 0.15) is 39.3 Å². The number of benzene rings is 3. The van der Waals surface area contributed by atoms with E-state index in [-0.39, 0.29) is 11.6 Å². The molecule has 0 fully saturated rings. The largest absolute Gasteiger partial charge is 0.379 e. The molecule has 5 aromatic rings. The number of nitrogens with one attached hydrogen (secondary N) is 2. The number of anilines is 2. The molecule has 0 saturated heterocycles. The van der Waals surface area contributed by atoms with Gasteiger partial charge in [-0.15, -0.1) is 11.8 Å². The second kappa shape index (κ2) is 10.9. The Morgan fingerprint density at radius 1 is 0.816 bits per heavy atom. The highest BCUT2D eigenvalue weighted by Gasteiger charge is 2.21. The van der Waals surface area contributed by atoms with Gasteiger partial charge in [-0.2, -0.15) is 0 Å². The van der Waals surface area contributed by atoms with Crippen molar-refractivity contribution in [2.75, 3.05) is 16.9 Å². The monoisotopic (exact) mass is 518 g/mol. The summed E-state index contributed by atoms with van der Waals surface area (Å²) < 4.78 is 0. The second-order valence-electron chi connectivity index (χ2n) is 10.6. The summed E-state index contributed by atoms with van der Waals surface area (Å²) in [4.78, 5) is 9.86. The van der Waals surface area contributed by atoms with Crippen LogP contribution >= 0.6 is 11.8 Å². The molecule has 38 heavy (non-hydrogen) atoms. The third-order valence-electron chi connectivity index (χ3n) is 6.48. The lowest BCUT2D eigenvalue weighted by Gasteiger charge is -2.23. The highest BCUT2D eigenvalue weighted by Crippen LogP contribution is 2.43. The van der Waals surface area contributed by atoms with Crippen molar-refractivity contribution in [3.05, 3.63) is 103 Å². The summed E-state index contributed by atoms with van der Waals surface area (Å²) in [5.74, 6) is 0.890. The van der Waals surface area contributed by atoms with E-state index in [4.69, 9.17) is 4.98 Å². The zero-order chi connectivity index (χ0) is 26.7. The average Bonchev–Trinajstić information content (AvgIpc) is 2.92. The van der Waals surface area contributed by atoms with Crippen LogP contribution in [0.4, 0.5) is 11.5 Å². The van der Waals surface area contributed by atoms with Gasteiger partial charge in [0.25, 0.3) is 0 Å². The number of hydrogen-bond donors (Lipinski definition) is 2. The van der Waals surface area contributed by atoms with Crippen molar-refractivity contribution in [3.63, 3.8) is 0 Å². The molecule has 0 bridgehead atoms. The maximum Gasteiger partial charge on any atom is 0.136 e. The van der Waals surface area contributed by atoms with Crippen LogP contribution in [0.3, 0.4) is 0 Å². The molecule has 192 valence electrons. The van der Waals surface area contributed by atoms with Gasteiger partial charge in [-0.05, 0) is 62.1 Å². The summed E-state index contributed by atoms with van der Waals surface area (Å²) in [6, 6.07) is 29.9. The molecule has 0 amide bonds. The van der Waals surface area contributed by atoms with Gasteiger partial charge in [0.05, 0.1) is 5.69 Å². The molecule has 2 heterocycles. The first-order chi connectivity index (χ1) is 18.3. The van der Waals surface area contributed by atoms with Gasteiger partial charge in [0, 0.05) is 40.5 Å². The first-order valence-electron chi connectivity index (χ1n) is 13.0. The van der Waals surface area contributed by atoms with E-state index in [2.05, 4.69) is 134 Å². The van der Waals surface area contributed by atoms with Crippen molar-refractivity contribution < 1.29 is 0 Å². The highest BCUT2D eigenvalue weighted by molar-refractivity contribution is 7.98. The molecular weight excluding hydrogens is 484 g/mol. The van der Waals surface area contributed by atoms with E-state index in [1.165, 1.54) is 11.1 Å². The summed E-state index contributed by atoms with van der Waals surface area (Å²) in [6.45, 7) is 8.66. The molecule has 1 unspecified atom stereocenters. The fourth-order valence-electron chi connectivity index (χ4n) is 4.84. The molecule has 3 aromatic carbocycles.